The molecule has 14 heavy (non-hydrogen) atoms. The third-order valence-corrected chi connectivity index (χ3v) is 1.92. The highest BCUT2D eigenvalue weighted by atomic mass is 19.2. The van der Waals surface area contributed by atoms with E-state index in [-0.39, 0.29) is 6.10 Å². The van der Waals surface area contributed by atoms with Gasteiger partial charge in [0, 0.05) is 14.2 Å². The van der Waals surface area contributed by atoms with Crippen LogP contribution >= 0.6 is 0 Å². The minimum atomic E-state index is -0.874. The maximum atomic E-state index is 12.8. The summed E-state index contributed by atoms with van der Waals surface area (Å²) in [6.07, 6.45) is -0.366. The van der Waals surface area contributed by atoms with Crippen molar-refractivity contribution < 1.29 is 18.3 Å². The highest BCUT2D eigenvalue weighted by Gasteiger charge is 2.12. The molecule has 0 spiro atoms. The second-order valence-electron chi connectivity index (χ2n) is 2.85. The molecule has 1 aromatic carbocycles. The van der Waals surface area contributed by atoms with Crippen LogP contribution in [-0.2, 0) is 9.47 Å². The molecule has 0 aliphatic rings. The lowest BCUT2D eigenvalue weighted by Gasteiger charge is -2.14. The van der Waals surface area contributed by atoms with Gasteiger partial charge in [0.2, 0.25) is 0 Å². The first-order valence-corrected chi connectivity index (χ1v) is 4.15. The zero-order valence-corrected chi connectivity index (χ0v) is 8.09. The molecule has 4 heteroatoms. The SMILES string of the molecule is COC[C@@H](OC)c1ccc(F)c(F)c1. The number of hydrogen-bond acceptors (Lipinski definition) is 2. The summed E-state index contributed by atoms with van der Waals surface area (Å²) in [6.45, 7) is 0.307. The van der Waals surface area contributed by atoms with Crippen molar-refractivity contribution in [3.8, 4) is 0 Å². The normalized spacial score (nSPS) is 12.9. The Labute approximate surface area is 81.4 Å². The molecule has 0 aliphatic heterocycles. The number of methoxy groups -OCH3 is 2. The Bertz CT molecular complexity index is 302. The van der Waals surface area contributed by atoms with Crippen LogP contribution < -0.4 is 0 Å². The molecular formula is C10H12F2O2. The van der Waals surface area contributed by atoms with Crippen LogP contribution in [0.15, 0.2) is 18.2 Å². The molecule has 1 aromatic rings. The summed E-state index contributed by atoms with van der Waals surface area (Å²) in [5, 5.41) is 0. The second kappa shape index (κ2) is 5.02. The van der Waals surface area contributed by atoms with Crippen molar-refractivity contribution in [3.63, 3.8) is 0 Å². The van der Waals surface area contributed by atoms with Crippen molar-refractivity contribution in [1.29, 1.82) is 0 Å². The minimum Gasteiger partial charge on any atom is -0.382 e. The molecule has 0 heterocycles. The molecule has 1 rings (SSSR count). The van der Waals surface area contributed by atoms with Gasteiger partial charge in [0.1, 0.15) is 6.10 Å². The van der Waals surface area contributed by atoms with E-state index >= 15 is 0 Å². The van der Waals surface area contributed by atoms with E-state index in [1.54, 1.807) is 0 Å². The molecular weight excluding hydrogens is 190 g/mol. The maximum Gasteiger partial charge on any atom is 0.159 e. The quantitative estimate of drug-likeness (QED) is 0.745. The molecule has 0 amide bonds. The van der Waals surface area contributed by atoms with Gasteiger partial charge < -0.3 is 9.47 Å². The van der Waals surface area contributed by atoms with Crippen molar-refractivity contribution in [2.24, 2.45) is 0 Å². The molecule has 1 atom stereocenters. The standard InChI is InChI=1S/C10H12F2O2/c1-13-6-10(14-2)7-3-4-8(11)9(12)5-7/h3-5,10H,6H2,1-2H3/t10-/m1/s1. The molecule has 0 radical (unpaired) electrons. The molecule has 0 fully saturated rings. The number of hydrogen-bond donors (Lipinski definition) is 0. The van der Waals surface area contributed by atoms with E-state index in [0.29, 0.717) is 12.2 Å². The molecule has 0 N–H and O–H groups in total. The highest BCUT2D eigenvalue weighted by molar-refractivity contribution is 5.20. The third-order valence-electron chi connectivity index (χ3n) is 1.92. The first-order valence-electron chi connectivity index (χ1n) is 4.15. The van der Waals surface area contributed by atoms with E-state index in [1.807, 2.05) is 0 Å². The Hall–Kier alpha value is -1.00. The van der Waals surface area contributed by atoms with Crippen LogP contribution in [-0.4, -0.2) is 20.8 Å². The Morgan fingerprint density at radius 3 is 2.43 bits per heavy atom. The van der Waals surface area contributed by atoms with E-state index < -0.39 is 11.6 Å². The summed E-state index contributed by atoms with van der Waals surface area (Å²) >= 11 is 0. The van der Waals surface area contributed by atoms with Crippen molar-refractivity contribution in [1.82, 2.24) is 0 Å². The van der Waals surface area contributed by atoms with Crippen LogP contribution in [0.25, 0.3) is 0 Å². The van der Waals surface area contributed by atoms with Gasteiger partial charge in [-0.15, -0.1) is 0 Å². The summed E-state index contributed by atoms with van der Waals surface area (Å²) < 4.78 is 35.4. The largest absolute Gasteiger partial charge is 0.382 e. The smallest absolute Gasteiger partial charge is 0.159 e. The number of ether oxygens (including phenoxy) is 2. The van der Waals surface area contributed by atoms with E-state index in [1.165, 1.54) is 20.3 Å². The second-order valence-corrected chi connectivity index (χ2v) is 2.85. The lowest BCUT2D eigenvalue weighted by molar-refractivity contribution is 0.0272. The van der Waals surface area contributed by atoms with Crippen LogP contribution in [0, 0.1) is 11.6 Å². The van der Waals surface area contributed by atoms with Gasteiger partial charge in [-0.25, -0.2) is 8.78 Å². The van der Waals surface area contributed by atoms with Crippen LogP contribution in [0.3, 0.4) is 0 Å². The van der Waals surface area contributed by atoms with Gasteiger partial charge in [0.25, 0.3) is 0 Å². The fraction of sp³-hybridized carbons (Fsp3) is 0.400. The minimum absolute atomic E-state index is 0.307. The lowest BCUT2D eigenvalue weighted by atomic mass is 10.1. The fourth-order valence-corrected chi connectivity index (χ4v) is 1.16. The van der Waals surface area contributed by atoms with Crippen molar-refractivity contribution in [2.45, 2.75) is 6.10 Å². The van der Waals surface area contributed by atoms with Crippen molar-refractivity contribution >= 4 is 0 Å². The van der Waals surface area contributed by atoms with Crippen LogP contribution in [0.1, 0.15) is 11.7 Å². The van der Waals surface area contributed by atoms with Gasteiger partial charge in [-0.05, 0) is 17.7 Å². The monoisotopic (exact) mass is 202 g/mol. The fourth-order valence-electron chi connectivity index (χ4n) is 1.16. The van der Waals surface area contributed by atoms with E-state index in [0.717, 1.165) is 12.1 Å². The predicted molar refractivity (Wildman–Crippen MR) is 48.0 cm³/mol. The Kier molecular flexibility index (Phi) is 3.98. The molecule has 78 valence electrons. The first-order chi connectivity index (χ1) is 6.69. The Morgan fingerprint density at radius 2 is 1.93 bits per heavy atom. The van der Waals surface area contributed by atoms with Gasteiger partial charge in [0.05, 0.1) is 6.61 Å². The van der Waals surface area contributed by atoms with Crippen LogP contribution in [0.5, 0.6) is 0 Å². The Morgan fingerprint density at radius 1 is 1.21 bits per heavy atom. The maximum absolute atomic E-state index is 12.8. The van der Waals surface area contributed by atoms with E-state index in [2.05, 4.69) is 0 Å². The van der Waals surface area contributed by atoms with Gasteiger partial charge in [0.15, 0.2) is 11.6 Å². The lowest BCUT2D eigenvalue weighted by Crippen LogP contribution is -2.08. The summed E-state index contributed by atoms with van der Waals surface area (Å²) in [5.74, 6) is -1.73. The van der Waals surface area contributed by atoms with Gasteiger partial charge in [-0.3, -0.25) is 0 Å². The molecule has 0 saturated carbocycles. The van der Waals surface area contributed by atoms with E-state index in [4.69, 9.17) is 9.47 Å². The molecule has 0 unspecified atom stereocenters. The molecule has 0 bridgehead atoms. The zero-order chi connectivity index (χ0) is 10.6. The highest BCUT2D eigenvalue weighted by Crippen LogP contribution is 2.19. The first kappa shape index (κ1) is 11.1. The van der Waals surface area contributed by atoms with Crippen LogP contribution in [0.2, 0.25) is 0 Å². The average molecular weight is 202 g/mol. The summed E-state index contributed by atoms with van der Waals surface area (Å²) in [4.78, 5) is 0. The zero-order valence-electron chi connectivity index (χ0n) is 8.09. The summed E-state index contributed by atoms with van der Waals surface area (Å²) in [6, 6.07) is 3.67. The van der Waals surface area contributed by atoms with Gasteiger partial charge in [-0.1, -0.05) is 6.07 Å². The molecule has 0 aromatic heterocycles. The third kappa shape index (κ3) is 2.49. The summed E-state index contributed by atoms with van der Waals surface area (Å²) in [5.41, 5.74) is 0.563. The van der Waals surface area contributed by atoms with Crippen molar-refractivity contribution in [2.75, 3.05) is 20.8 Å². The van der Waals surface area contributed by atoms with Gasteiger partial charge in [-0.2, -0.15) is 0 Å². The number of halogens is 2. The Balaban J connectivity index is 2.88. The summed E-state index contributed by atoms with van der Waals surface area (Å²) in [7, 11) is 3.01. The predicted octanol–water partition coefficient (Wildman–Crippen LogP) is 2.30. The molecule has 2 nitrogen and oxygen atoms in total. The van der Waals surface area contributed by atoms with Crippen molar-refractivity contribution in [3.05, 3.63) is 35.4 Å². The molecule has 0 saturated heterocycles. The number of rotatable bonds is 4. The number of benzene rings is 1. The van der Waals surface area contributed by atoms with Gasteiger partial charge >= 0.3 is 0 Å². The van der Waals surface area contributed by atoms with Crippen LogP contribution in [0.4, 0.5) is 8.78 Å². The van der Waals surface area contributed by atoms with E-state index in [9.17, 15) is 8.78 Å². The topological polar surface area (TPSA) is 18.5 Å². The average Bonchev–Trinajstić information content (AvgIpc) is 2.19. The molecule has 0 aliphatic carbocycles.